The summed E-state index contributed by atoms with van der Waals surface area (Å²) < 4.78 is 5.71. The van der Waals surface area contributed by atoms with Gasteiger partial charge < -0.3 is 15.8 Å². The van der Waals surface area contributed by atoms with Crippen LogP contribution < -0.4 is 15.8 Å². The fraction of sp³-hybridized carbons (Fsp3) is 0.320. The van der Waals surface area contributed by atoms with E-state index in [1.54, 1.807) is 24.3 Å². The molecule has 4 rings (SSSR count). The zero-order valence-electron chi connectivity index (χ0n) is 18.7. The van der Waals surface area contributed by atoms with Crippen molar-refractivity contribution in [1.29, 1.82) is 0 Å². The predicted molar refractivity (Wildman–Crippen MR) is 134 cm³/mol. The summed E-state index contributed by atoms with van der Waals surface area (Å²) in [5.41, 5.74) is 8.05. The lowest BCUT2D eigenvalue weighted by atomic mass is 9.97. The van der Waals surface area contributed by atoms with Gasteiger partial charge in [-0.05, 0) is 61.3 Å². The molecule has 0 bridgehead atoms. The van der Waals surface area contributed by atoms with E-state index in [1.807, 2.05) is 29.6 Å². The quantitative estimate of drug-likeness (QED) is 0.459. The summed E-state index contributed by atoms with van der Waals surface area (Å²) in [4.78, 5) is 30.7. The van der Waals surface area contributed by atoms with Crippen LogP contribution in [0.25, 0.3) is 0 Å². The highest BCUT2D eigenvalue weighted by molar-refractivity contribution is 7.09. The maximum absolute atomic E-state index is 12.5. The van der Waals surface area contributed by atoms with E-state index in [1.165, 1.54) is 11.3 Å². The van der Waals surface area contributed by atoms with Gasteiger partial charge in [0, 0.05) is 29.2 Å². The molecule has 3 N–H and O–H groups in total. The largest absolute Gasteiger partial charge is 0.486 e. The molecular formula is C25H27ClN4O3S. The third kappa shape index (κ3) is 7.03. The molecule has 1 unspecified atom stereocenters. The Hall–Kier alpha value is -2.94. The number of benzene rings is 2. The van der Waals surface area contributed by atoms with E-state index in [-0.39, 0.29) is 24.2 Å². The zero-order valence-corrected chi connectivity index (χ0v) is 20.3. The number of piperidine rings is 1. The van der Waals surface area contributed by atoms with Crippen molar-refractivity contribution in [2.24, 2.45) is 11.7 Å². The number of anilines is 1. The Morgan fingerprint density at radius 1 is 1.18 bits per heavy atom. The summed E-state index contributed by atoms with van der Waals surface area (Å²) in [5, 5.41) is 6.26. The molecule has 2 aromatic carbocycles. The normalized spacial score (nSPS) is 16.2. The van der Waals surface area contributed by atoms with Crippen LogP contribution in [0, 0.1) is 5.92 Å². The van der Waals surface area contributed by atoms with E-state index < -0.39 is 0 Å². The van der Waals surface area contributed by atoms with E-state index in [4.69, 9.17) is 22.1 Å². The molecule has 0 spiro atoms. The Bertz CT molecular complexity index is 1120. The van der Waals surface area contributed by atoms with Crippen LogP contribution in [0.2, 0.25) is 5.02 Å². The Kier molecular flexibility index (Phi) is 8.16. The fourth-order valence-electron chi connectivity index (χ4n) is 3.93. The first-order valence-electron chi connectivity index (χ1n) is 11.2. The number of likely N-dealkylation sites (tertiary alicyclic amines) is 1. The van der Waals surface area contributed by atoms with Crippen LogP contribution in [-0.4, -0.2) is 34.8 Å². The van der Waals surface area contributed by atoms with Crippen LogP contribution in [0.3, 0.4) is 0 Å². The summed E-state index contributed by atoms with van der Waals surface area (Å²) in [6.45, 7) is 2.76. The van der Waals surface area contributed by atoms with Gasteiger partial charge in [0.1, 0.15) is 17.4 Å². The number of amides is 2. The second kappa shape index (κ2) is 11.5. The predicted octanol–water partition coefficient (Wildman–Crippen LogP) is 4.25. The molecular weight excluding hydrogens is 472 g/mol. The second-order valence-electron chi connectivity index (χ2n) is 8.37. The van der Waals surface area contributed by atoms with Crippen LogP contribution in [0.5, 0.6) is 5.75 Å². The van der Waals surface area contributed by atoms with E-state index in [0.29, 0.717) is 23.9 Å². The van der Waals surface area contributed by atoms with Crippen molar-refractivity contribution in [3.05, 3.63) is 75.2 Å². The number of ether oxygens (including phenoxy) is 1. The Balaban J connectivity index is 1.23. The minimum absolute atomic E-state index is 0.0671. The lowest BCUT2D eigenvalue weighted by molar-refractivity contribution is -0.123. The maximum atomic E-state index is 12.5. The van der Waals surface area contributed by atoms with Gasteiger partial charge in [0.25, 0.3) is 0 Å². The van der Waals surface area contributed by atoms with Crippen LogP contribution in [0.4, 0.5) is 5.69 Å². The van der Waals surface area contributed by atoms with Crippen molar-refractivity contribution in [3.63, 3.8) is 0 Å². The number of carbonyl (C=O) groups is 2. The number of nitrogens with zero attached hydrogens (tertiary/aromatic N) is 2. The van der Waals surface area contributed by atoms with E-state index >= 15 is 0 Å². The molecule has 7 nitrogen and oxygen atoms in total. The van der Waals surface area contributed by atoms with Gasteiger partial charge in [0.2, 0.25) is 11.8 Å². The molecule has 1 saturated heterocycles. The van der Waals surface area contributed by atoms with Crippen molar-refractivity contribution in [3.8, 4) is 5.75 Å². The Morgan fingerprint density at radius 3 is 2.68 bits per heavy atom. The number of carbonyl (C=O) groups excluding carboxylic acids is 2. The Labute approximate surface area is 207 Å². The highest BCUT2D eigenvalue weighted by atomic mass is 35.5. The summed E-state index contributed by atoms with van der Waals surface area (Å²) >= 11 is 7.35. The SMILES string of the molecule is NC(=O)C1CCCN(Cc2ccc(NC(=O)Cc3csc(COc4ccc(Cl)cc4)n3)cc2)C1. The summed E-state index contributed by atoms with van der Waals surface area (Å²) in [7, 11) is 0. The number of hydrogen-bond acceptors (Lipinski definition) is 6. The Morgan fingerprint density at radius 2 is 1.94 bits per heavy atom. The first kappa shape index (κ1) is 24.2. The molecule has 3 aromatic rings. The third-order valence-electron chi connectivity index (χ3n) is 5.67. The fourth-order valence-corrected chi connectivity index (χ4v) is 4.76. The van der Waals surface area contributed by atoms with Gasteiger partial charge in [-0.2, -0.15) is 0 Å². The molecule has 0 radical (unpaired) electrons. The highest BCUT2D eigenvalue weighted by Gasteiger charge is 2.23. The minimum Gasteiger partial charge on any atom is -0.486 e. The smallest absolute Gasteiger partial charge is 0.230 e. The number of halogens is 1. The van der Waals surface area contributed by atoms with Gasteiger partial charge in [-0.3, -0.25) is 14.5 Å². The lowest BCUT2D eigenvalue weighted by Gasteiger charge is -2.31. The maximum Gasteiger partial charge on any atom is 0.230 e. The first-order valence-corrected chi connectivity index (χ1v) is 12.4. The number of nitrogens with two attached hydrogens (primary N) is 1. The standard InChI is InChI=1S/C25H27ClN4O3S/c26-19-5-9-22(10-6-19)33-15-24-29-21(16-34-24)12-23(31)28-20-7-3-17(4-8-20)13-30-11-1-2-18(14-30)25(27)32/h3-10,16,18H,1-2,11-15H2,(H2,27,32)(H,28,31). The monoisotopic (exact) mass is 498 g/mol. The first-order chi connectivity index (χ1) is 16.4. The van der Waals surface area contributed by atoms with E-state index in [0.717, 1.165) is 47.9 Å². The van der Waals surface area contributed by atoms with E-state index in [2.05, 4.69) is 15.2 Å². The number of rotatable bonds is 9. The van der Waals surface area contributed by atoms with Crippen LogP contribution in [-0.2, 0) is 29.2 Å². The number of hydrogen-bond donors (Lipinski definition) is 2. The lowest BCUT2D eigenvalue weighted by Crippen LogP contribution is -2.40. The number of primary amides is 1. The zero-order chi connectivity index (χ0) is 23.9. The molecule has 1 aliphatic heterocycles. The molecule has 0 aliphatic carbocycles. The van der Waals surface area contributed by atoms with Crippen LogP contribution in [0.15, 0.2) is 53.9 Å². The van der Waals surface area contributed by atoms with Gasteiger partial charge >= 0.3 is 0 Å². The van der Waals surface area contributed by atoms with Gasteiger partial charge in [-0.1, -0.05) is 23.7 Å². The number of thiazole rings is 1. The summed E-state index contributed by atoms with van der Waals surface area (Å²) in [6.07, 6.45) is 2.04. The van der Waals surface area contributed by atoms with Crippen molar-refractivity contribution in [2.75, 3.05) is 18.4 Å². The molecule has 1 atom stereocenters. The van der Waals surface area contributed by atoms with Gasteiger partial charge in [0.05, 0.1) is 18.0 Å². The summed E-state index contributed by atoms with van der Waals surface area (Å²) in [5.74, 6) is 0.311. The molecule has 2 heterocycles. The molecule has 34 heavy (non-hydrogen) atoms. The molecule has 0 saturated carbocycles. The molecule has 1 aromatic heterocycles. The van der Waals surface area contributed by atoms with Crippen LogP contribution in [0.1, 0.15) is 29.1 Å². The van der Waals surface area contributed by atoms with Crippen molar-refractivity contribution in [1.82, 2.24) is 9.88 Å². The average molecular weight is 499 g/mol. The highest BCUT2D eigenvalue weighted by Crippen LogP contribution is 2.20. The van der Waals surface area contributed by atoms with Crippen molar-refractivity contribution >= 4 is 40.4 Å². The number of nitrogens with one attached hydrogen (secondary N) is 1. The average Bonchev–Trinajstić information content (AvgIpc) is 3.27. The molecule has 1 fully saturated rings. The summed E-state index contributed by atoms with van der Waals surface area (Å²) in [6, 6.07) is 14.9. The molecule has 9 heteroatoms. The minimum atomic E-state index is -0.218. The van der Waals surface area contributed by atoms with E-state index in [9.17, 15) is 9.59 Å². The molecule has 2 amide bonds. The topological polar surface area (TPSA) is 97.6 Å². The van der Waals surface area contributed by atoms with Gasteiger partial charge in [0.15, 0.2) is 0 Å². The van der Waals surface area contributed by atoms with Gasteiger partial charge in [-0.15, -0.1) is 11.3 Å². The van der Waals surface area contributed by atoms with Crippen LogP contribution >= 0.6 is 22.9 Å². The van der Waals surface area contributed by atoms with Gasteiger partial charge in [-0.25, -0.2) is 4.98 Å². The second-order valence-corrected chi connectivity index (χ2v) is 9.75. The molecule has 178 valence electrons. The van der Waals surface area contributed by atoms with Crippen molar-refractivity contribution in [2.45, 2.75) is 32.4 Å². The molecule has 1 aliphatic rings. The van der Waals surface area contributed by atoms with Crippen molar-refractivity contribution < 1.29 is 14.3 Å². The third-order valence-corrected chi connectivity index (χ3v) is 6.79. The number of aromatic nitrogens is 1.